The van der Waals surface area contributed by atoms with E-state index in [0.717, 1.165) is 12.8 Å². The molecule has 4 heteroatoms. The Labute approximate surface area is 84.7 Å². The van der Waals surface area contributed by atoms with Gasteiger partial charge in [0.05, 0.1) is 0 Å². The molecule has 1 N–H and O–H groups in total. The lowest BCUT2D eigenvalue weighted by Gasteiger charge is -2.34. The van der Waals surface area contributed by atoms with Crippen molar-refractivity contribution in [2.24, 2.45) is 0 Å². The maximum absolute atomic E-state index is 11.5. The summed E-state index contributed by atoms with van der Waals surface area (Å²) < 4.78 is 0. The van der Waals surface area contributed by atoms with E-state index >= 15 is 0 Å². The first-order valence-corrected chi connectivity index (χ1v) is 4.91. The largest absolute Gasteiger partial charge is 0.357 e. The van der Waals surface area contributed by atoms with Crippen LogP contribution in [0.2, 0.25) is 0 Å². The second-order valence-electron chi connectivity index (χ2n) is 4.37. The molecule has 0 aromatic rings. The minimum atomic E-state index is -0.285. The number of likely N-dealkylation sites (N-methyl/N-ethyl adjacent to an activating group) is 1. The van der Waals surface area contributed by atoms with Crippen LogP contribution in [0.15, 0.2) is 0 Å². The van der Waals surface area contributed by atoms with Crippen molar-refractivity contribution < 1.29 is 9.59 Å². The van der Waals surface area contributed by atoms with Gasteiger partial charge in [0.2, 0.25) is 11.8 Å². The van der Waals surface area contributed by atoms with Crippen LogP contribution in [0.3, 0.4) is 0 Å². The van der Waals surface area contributed by atoms with Crippen LogP contribution in [-0.2, 0) is 9.59 Å². The number of hydrogen-bond donors (Lipinski definition) is 1. The fourth-order valence-electron chi connectivity index (χ4n) is 2.22. The summed E-state index contributed by atoms with van der Waals surface area (Å²) in [6.07, 6.45) is 1.64. The van der Waals surface area contributed by atoms with Gasteiger partial charge in [-0.15, -0.1) is 0 Å². The van der Waals surface area contributed by atoms with Gasteiger partial charge >= 0.3 is 0 Å². The highest BCUT2D eigenvalue weighted by atomic mass is 16.2. The molecule has 2 amide bonds. The van der Waals surface area contributed by atoms with Crippen molar-refractivity contribution in [2.45, 2.75) is 45.2 Å². The number of amides is 2. The molecule has 1 heterocycles. The number of likely N-dealkylation sites (tertiary alicyclic amines) is 1. The zero-order valence-corrected chi connectivity index (χ0v) is 9.26. The van der Waals surface area contributed by atoms with Crippen LogP contribution in [0.1, 0.15) is 33.6 Å². The molecule has 1 aliphatic rings. The number of carbonyl (C=O) groups is 2. The lowest BCUT2D eigenvalue weighted by molar-refractivity contribution is -0.140. The van der Waals surface area contributed by atoms with E-state index in [1.54, 1.807) is 11.9 Å². The standard InChI is InChI=1S/C10H18N2O2/c1-7(13)12-8(9(14)11-4)5-6-10(12,2)3/h8H,5-6H2,1-4H3,(H,11,14)/t8-/m0/s1. The third kappa shape index (κ3) is 1.74. The van der Waals surface area contributed by atoms with E-state index in [4.69, 9.17) is 0 Å². The van der Waals surface area contributed by atoms with Gasteiger partial charge in [0.1, 0.15) is 6.04 Å². The average Bonchev–Trinajstić information content (AvgIpc) is 2.39. The van der Waals surface area contributed by atoms with Crippen LogP contribution in [0, 0.1) is 0 Å². The lowest BCUT2D eigenvalue weighted by Crippen LogP contribution is -2.51. The fraction of sp³-hybridized carbons (Fsp3) is 0.800. The molecule has 1 rings (SSSR count). The average molecular weight is 198 g/mol. The maximum Gasteiger partial charge on any atom is 0.242 e. The van der Waals surface area contributed by atoms with Gasteiger partial charge < -0.3 is 10.2 Å². The molecule has 0 unspecified atom stereocenters. The Morgan fingerprint density at radius 3 is 2.43 bits per heavy atom. The van der Waals surface area contributed by atoms with Crippen molar-refractivity contribution in [3.8, 4) is 0 Å². The fourth-order valence-corrected chi connectivity index (χ4v) is 2.22. The summed E-state index contributed by atoms with van der Waals surface area (Å²) in [6.45, 7) is 5.51. The van der Waals surface area contributed by atoms with Gasteiger partial charge in [-0.25, -0.2) is 0 Å². The molecule has 0 aromatic carbocycles. The Balaban J connectivity index is 2.90. The first-order valence-electron chi connectivity index (χ1n) is 4.91. The van der Waals surface area contributed by atoms with Gasteiger partial charge in [0.25, 0.3) is 0 Å². The summed E-state index contributed by atoms with van der Waals surface area (Å²) in [4.78, 5) is 24.6. The molecule has 4 nitrogen and oxygen atoms in total. The van der Waals surface area contributed by atoms with E-state index < -0.39 is 0 Å². The summed E-state index contributed by atoms with van der Waals surface area (Å²) in [5, 5.41) is 2.60. The summed E-state index contributed by atoms with van der Waals surface area (Å²) in [5.41, 5.74) is -0.191. The van der Waals surface area contributed by atoms with Crippen LogP contribution in [0.5, 0.6) is 0 Å². The Hall–Kier alpha value is -1.06. The molecule has 1 aliphatic heterocycles. The molecule has 0 radical (unpaired) electrons. The predicted octanol–water partition coefficient (Wildman–Crippen LogP) is 0.522. The lowest BCUT2D eigenvalue weighted by atomic mass is 10.0. The molecule has 1 fully saturated rings. The van der Waals surface area contributed by atoms with Crippen molar-refractivity contribution in [3.05, 3.63) is 0 Å². The molecule has 1 atom stereocenters. The van der Waals surface area contributed by atoms with Gasteiger partial charge in [-0.1, -0.05) is 0 Å². The highest BCUT2D eigenvalue weighted by molar-refractivity contribution is 5.87. The minimum Gasteiger partial charge on any atom is -0.357 e. The zero-order valence-electron chi connectivity index (χ0n) is 9.26. The second kappa shape index (κ2) is 3.59. The molecule has 1 saturated heterocycles. The van der Waals surface area contributed by atoms with Crippen molar-refractivity contribution in [2.75, 3.05) is 7.05 Å². The molecular weight excluding hydrogens is 180 g/mol. The molecule has 0 saturated carbocycles. The van der Waals surface area contributed by atoms with Crippen LogP contribution >= 0.6 is 0 Å². The Morgan fingerprint density at radius 2 is 2.00 bits per heavy atom. The van der Waals surface area contributed by atoms with Gasteiger partial charge in [-0.3, -0.25) is 9.59 Å². The minimum absolute atomic E-state index is 0.0268. The number of carbonyl (C=O) groups excluding carboxylic acids is 2. The smallest absolute Gasteiger partial charge is 0.242 e. The summed E-state index contributed by atoms with van der Waals surface area (Å²) in [7, 11) is 1.60. The summed E-state index contributed by atoms with van der Waals surface area (Å²) in [6, 6.07) is -0.285. The number of hydrogen-bond acceptors (Lipinski definition) is 2. The quantitative estimate of drug-likeness (QED) is 0.668. The normalized spacial score (nSPS) is 24.9. The first-order chi connectivity index (χ1) is 6.40. The molecular formula is C10H18N2O2. The van der Waals surface area contributed by atoms with E-state index in [2.05, 4.69) is 5.32 Å². The van der Waals surface area contributed by atoms with E-state index in [0.29, 0.717) is 0 Å². The molecule has 0 bridgehead atoms. The monoisotopic (exact) mass is 198 g/mol. The Kier molecular flexibility index (Phi) is 2.83. The molecule has 14 heavy (non-hydrogen) atoms. The van der Waals surface area contributed by atoms with Gasteiger partial charge in [0, 0.05) is 19.5 Å². The molecule has 0 spiro atoms. The van der Waals surface area contributed by atoms with Crippen molar-refractivity contribution >= 4 is 11.8 Å². The van der Waals surface area contributed by atoms with Gasteiger partial charge in [-0.05, 0) is 26.7 Å². The van der Waals surface area contributed by atoms with Crippen molar-refractivity contribution in [1.82, 2.24) is 10.2 Å². The second-order valence-corrected chi connectivity index (χ2v) is 4.37. The molecule has 0 aromatic heterocycles. The van der Waals surface area contributed by atoms with E-state index in [9.17, 15) is 9.59 Å². The number of rotatable bonds is 1. The zero-order chi connectivity index (χ0) is 10.9. The SMILES string of the molecule is CNC(=O)[C@@H]1CCC(C)(C)N1C(C)=O. The van der Waals surface area contributed by atoms with E-state index in [1.165, 1.54) is 6.92 Å². The van der Waals surface area contributed by atoms with Gasteiger partial charge in [0.15, 0.2) is 0 Å². The third-order valence-electron chi connectivity index (χ3n) is 2.88. The Bertz CT molecular complexity index is 261. The van der Waals surface area contributed by atoms with Crippen LogP contribution in [-0.4, -0.2) is 35.3 Å². The van der Waals surface area contributed by atoms with E-state index in [-0.39, 0.29) is 23.4 Å². The van der Waals surface area contributed by atoms with Crippen LogP contribution in [0.4, 0.5) is 0 Å². The first kappa shape index (κ1) is 11.0. The van der Waals surface area contributed by atoms with Gasteiger partial charge in [-0.2, -0.15) is 0 Å². The summed E-state index contributed by atoms with van der Waals surface area (Å²) >= 11 is 0. The third-order valence-corrected chi connectivity index (χ3v) is 2.88. The number of nitrogens with zero attached hydrogens (tertiary/aromatic N) is 1. The predicted molar refractivity (Wildman–Crippen MR) is 53.7 cm³/mol. The Morgan fingerprint density at radius 1 is 1.43 bits per heavy atom. The van der Waals surface area contributed by atoms with Crippen LogP contribution in [0.25, 0.3) is 0 Å². The van der Waals surface area contributed by atoms with Crippen molar-refractivity contribution in [1.29, 1.82) is 0 Å². The topological polar surface area (TPSA) is 49.4 Å². The molecule has 80 valence electrons. The van der Waals surface area contributed by atoms with Crippen molar-refractivity contribution in [3.63, 3.8) is 0 Å². The summed E-state index contributed by atoms with van der Waals surface area (Å²) in [5.74, 6) is -0.0909. The number of nitrogens with one attached hydrogen (secondary N) is 1. The maximum atomic E-state index is 11.5. The molecule has 0 aliphatic carbocycles. The highest BCUT2D eigenvalue weighted by Crippen LogP contribution is 2.33. The van der Waals surface area contributed by atoms with Crippen LogP contribution < -0.4 is 5.32 Å². The highest BCUT2D eigenvalue weighted by Gasteiger charge is 2.43. The van der Waals surface area contributed by atoms with E-state index in [1.807, 2.05) is 13.8 Å².